The molecule has 0 aliphatic heterocycles. The van der Waals surface area contributed by atoms with Crippen LogP contribution in [0.25, 0.3) is 0 Å². The molecule has 0 atom stereocenters. The number of halogens is 3. The lowest BCUT2D eigenvalue weighted by Crippen LogP contribution is -2.37. The molecule has 1 saturated carbocycles. The zero-order chi connectivity index (χ0) is 23.3. The third-order valence-corrected chi connectivity index (χ3v) is 5.36. The molecular formula is C21H23F3N4O4. The average Bonchev–Trinajstić information content (AvgIpc) is 2.74. The summed E-state index contributed by atoms with van der Waals surface area (Å²) >= 11 is 0. The number of alkyl halides is 3. The van der Waals surface area contributed by atoms with Gasteiger partial charge in [0, 0.05) is 24.7 Å². The number of pyridine rings is 1. The molecule has 0 bridgehead atoms. The lowest BCUT2D eigenvalue weighted by Gasteiger charge is -2.31. The predicted octanol–water partition coefficient (Wildman–Crippen LogP) is 4.49. The van der Waals surface area contributed by atoms with E-state index in [1.54, 1.807) is 18.3 Å². The molecule has 32 heavy (non-hydrogen) atoms. The fourth-order valence-corrected chi connectivity index (χ4v) is 3.75. The Morgan fingerprint density at radius 2 is 1.94 bits per heavy atom. The van der Waals surface area contributed by atoms with Crippen molar-refractivity contribution in [1.82, 2.24) is 4.98 Å². The fourth-order valence-electron chi connectivity index (χ4n) is 3.75. The van der Waals surface area contributed by atoms with Crippen LogP contribution in [0.1, 0.15) is 25.7 Å². The minimum absolute atomic E-state index is 0.0486. The van der Waals surface area contributed by atoms with Crippen LogP contribution in [0.15, 0.2) is 42.7 Å². The van der Waals surface area contributed by atoms with Crippen LogP contribution in [0.3, 0.4) is 0 Å². The van der Waals surface area contributed by atoms with Crippen molar-refractivity contribution in [2.75, 3.05) is 22.5 Å². The summed E-state index contributed by atoms with van der Waals surface area (Å²) in [6.07, 6.45) is -0.571. The summed E-state index contributed by atoms with van der Waals surface area (Å²) in [7, 11) is 0. The number of nitrogens with one attached hydrogen (secondary N) is 1. The normalized spacial score (nSPS) is 18.6. The number of aromatic nitrogens is 1. The molecule has 0 spiro atoms. The Labute approximate surface area is 182 Å². The number of ether oxygens (including phenoxy) is 1. The molecule has 0 radical (unpaired) electrons. The van der Waals surface area contributed by atoms with Crippen molar-refractivity contribution in [2.24, 2.45) is 11.8 Å². The SMILES string of the molecule is Nc1ccc(OC(F)(F)F)cc1NC(=O)C1CCC(CN(C(=O)O)c2cccnc2)CC1. The highest BCUT2D eigenvalue weighted by Gasteiger charge is 2.32. The van der Waals surface area contributed by atoms with E-state index in [0.29, 0.717) is 37.9 Å². The van der Waals surface area contributed by atoms with E-state index in [1.165, 1.54) is 17.2 Å². The van der Waals surface area contributed by atoms with E-state index in [-0.39, 0.29) is 29.1 Å². The molecule has 4 N–H and O–H groups in total. The van der Waals surface area contributed by atoms with Crippen LogP contribution in [-0.2, 0) is 4.79 Å². The molecule has 0 unspecified atom stereocenters. The molecule has 1 aromatic heterocycles. The van der Waals surface area contributed by atoms with Gasteiger partial charge in [-0.2, -0.15) is 0 Å². The van der Waals surface area contributed by atoms with Crippen molar-refractivity contribution in [3.63, 3.8) is 0 Å². The Balaban J connectivity index is 1.57. The standard InChI is InChI=1S/C21H23F3N4O4/c22-21(23,24)32-16-7-8-17(25)18(10-16)27-19(29)14-5-3-13(4-6-14)12-28(20(30)31)15-2-1-9-26-11-15/h1-2,7-11,13-14H,3-6,12,25H2,(H,27,29)(H,30,31). The molecule has 1 aromatic carbocycles. The maximum atomic E-state index is 12.6. The number of nitrogen functional groups attached to an aromatic ring is 1. The van der Waals surface area contributed by atoms with Crippen LogP contribution in [-0.4, -0.2) is 35.0 Å². The van der Waals surface area contributed by atoms with Gasteiger partial charge in [0.15, 0.2) is 0 Å². The summed E-state index contributed by atoms with van der Waals surface area (Å²) < 4.78 is 41.2. The zero-order valence-electron chi connectivity index (χ0n) is 17.0. The monoisotopic (exact) mass is 452 g/mol. The van der Waals surface area contributed by atoms with Gasteiger partial charge in [0.1, 0.15) is 5.75 Å². The summed E-state index contributed by atoms with van der Waals surface area (Å²) in [6.45, 7) is 0.291. The van der Waals surface area contributed by atoms with Gasteiger partial charge < -0.3 is 20.9 Å². The van der Waals surface area contributed by atoms with Gasteiger partial charge in [-0.05, 0) is 55.9 Å². The number of carbonyl (C=O) groups excluding carboxylic acids is 1. The minimum atomic E-state index is -4.85. The molecule has 1 aliphatic carbocycles. The Morgan fingerprint density at radius 1 is 1.22 bits per heavy atom. The quantitative estimate of drug-likeness (QED) is 0.556. The number of carbonyl (C=O) groups is 2. The van der Waals surface area contributed by atoms with Gasteiger partial charge in [-0.25, -0.2) is 4.79 Å². The number of amides is 2. The molecule has 1 aliphatic rings. The summed E-state index contributed by atoms with van der Waals surface area (Å²) in [6, 6.07) is 6.66. The lowest BCUT2D eigenvalue weighted by molar-refractivity contribution is -0.274. The van der Waals surface area contributed by atoms with Crippen LogP contribution in [0.4, 0.5) is 35.0 Å². The molecule has 0 saturated heterocycles. The van der Waals surface area contributed by atoms with Crippen molar-refractivity contribution >= 4 is 29.1 Å². The minimum Gasteiger partial charge on any atom is -0.465 e. The van der Waals surface area contributed by atoms with E-state index in [0.717, 1.165) is 12.1 Å². The Morgan fingerprint density at radius 3 is 2.53 bits per heavy atom. The highest BCUT2D eigenvalue weighted by atomic mass is 19.4. The predicted molar refractivity (Wildman–Crippen MR) is 111 cm³/mol. The zero-order valence-corrected chi connectivity index (χ0v) is 17.0. The maximum absolute atomic E-state index is 12.6. The Hall–Kier alpha value is -3.50. The second-order valence-corrected chi connectivity index (χ2v) is 7.61. The maximum Gasteiger partial charge on any atom is 0.573 e. The van der Waals surface area contributed by atoms with Gasteiger partial charge in [-0.3, -0.25) is 14.7 Å². The molecule has 3 rings (SSSR count). The van der Waals surface area contributed by atoms with Gasteiger partial charge in [0.05, 0.1) is 23.3 Å². The molecule has 2 aromatic rings. The van der Waals surface area contributed by atoms with E-state index in [1.807, 2.05) is 0 Å². The second kappa shape index (κ2) is 9.75. The Kier molecular flexibility index (Phi) is 7.06. The van der Waals surface area contributed by atoms with Crippen LogP contribution in [0.2, 0.25) is 0 Å². The summed E-state index contributed by atoms with van der Waals surface area (Å²) in [4.78, 5) is 29.5. The average molecular weight is 452 g/mol. The van der Waals surface area contributed by atoms with Crippen LogP contribution in [0.5, 0.6) is 5.75 Å². The van der Waals surface area contributed by atoms with E-state index < -0.39 is 18.2 Å². The molecule has 1 heterocycles. The first-order valence-electron chi connectivity index (χ1n) is 9.99. The molecule has 11 heteroatoms. The van der Waals surface area contributed by atoms with Crippen LogP contribution < -0.4 is 20.7 Å². The van der Waals surface area contributed by atoms with Gasteiger partial charge in [0.25, 0.3) is 0 Å². The topological polar surface area (TPSA) is 118 Å². The van der Waals surface area contributed by atoms with Crippen molar-refractivity contribution in [3.8, 4) is 5.75 Å². The highest BCUT2D eigenvalue weighted by molar-refractivity contribution is 5.95. The summed E-state index contributed by atoms with van der Waals surface area (Å²) in [5, 5.41) is 12.1. The Bertz CT molecular complexity index is 948. The fraction of sp³-hybridized carbons (Fsp3) is 0.381. The first kappa shape index (κ1) is 23.2. The van der Waals surface area contributed by atoms with Crippen molar-refractivity contribution in [1.29, 1.82) is 0 Å². The number of rotatable bonds is 6. The number of anilines is 3. The summed E-state index contributed by atoms with van der Waals surface area (Å²) in [5.41, 5.74) is 6.43. The van der Waals surface area contributed by atoms with Crippen LogP contribution >= 0.6 is 0 Å². The number of hydrogen-bond acceptors (Lipinski definition) is 5. The molecule has 8 nitrogen and oxygen atoms in total. The highest BCUT2D eigenvalue weighted by Crippen LogP contribution is 2.33. The first-order chi connectivity index (χ1) is 15.1. The van der Waals surface area contributed by atoms with Gasteiger partial charge >= 0.3 is 12.5 Å². The second-order valence-electron chi connectivity index (χ2n) is 7.61. The van der Waals surface area contributed by atoms with E-state index in [2.05, 4.69) is 15.0 Å². The van der Waals surface area contributed by atoms with Gasteiger partial charge in [0.2, 0.25) is 5.91 Å². The molecule has 1 fully saturated rings. The van der Waals surface area contributed by atoms with E-state index in [9.17, 15) is 27.9 Å². The van der Waals surface area contributed by atoms with E-state index in [4.69, 9.17) is 5.73 Å². The smallest absolute Gasteiger partial charge is 0.465 e. The van der Waals surface area contributed by atoms with E-state index >= 15 is 0 Å². The van der Waals surface area contributed by atoms with Gasteiger partial charge in [-0.1, -0.05) is 0 Å². The number of hydrogen-bond donors (Lipinski definition) is 3. The molecule has 2 amide bonds. The van der Waals surface area contributed by atoms with Crippen molar-refractivity contribution < 1.29 is 32.6 Å². The van der Waals surface area contributed by atoms with Gasteiger partial charge in [-0.15, -0.1) is 13.2 Å². The summed E-state index contributed by atoms with van der Waals surface area (Å²) in [5.74, 6) is -1.10. The van der Waals surface area contributed by atoms with Crippen molar-refractivity contribution in [2.45, 2.75) is 32.0 Å². The number of nitrogens with zero attached hydrogens (tertiary/aromatic N) is 2. The third kappa shape index (κ3) is 6.25. The van der Waals surface area contributed by atoms with Crippen LogP contribution in [0, 0.1) is 11.8 Å². The molecule has 172 valence electrons. The lowest BCUT2D eigenvalue weighted by atomic mass is 9.81. The molecular weight excluding hydrogens is 429 g/mol. The number of nitrogens with two attached hydrogens (primary N) is 1. The van der Waals surface area contributed by atoms with Crippen molar-refractivity contribution in [3.05, 3.63) is 42.7 Å². The number of benzene rings is 1. The largest absolute Gasteiger partial charge is 0.573 e. The third-order valence-electron chi connectivity index (χ3n) is 5.36. The number of carboxylic acid groups (broad SMARTS) is 1. The first-order valence-corrected chi connectivity index (χ1v) is 9.99.